The van der Waals surface area contributed by atoms with Crippen molar-refractivity contribution in [1.29, 1.82) is 0 Å². The summed E-state index contributed by atoms with van der Waals surface area (Å²) in [4.78, 5) is 0. The molecule has 0 spiro atoms. The zero-order valence-electron chi connectivity index (χ0n) is 13.8. The molecule has 0 radical (unpaired) electrons. The molecule has 3 aliphatic rings. The molecule has 0 aromatic rings. The first kappa shape index (κ1) is 17.5. The fraction of sp³-hybridized carbons (Fsp3) is 1.00. The van der Waals surface area contributed by atoms with Crippen molar-refractivity contribution in [1.82, 2.24) is 0 Å². The van der Waals surface area contributed by atoms with Gasteiger partial charge in [0.1, 0.15) is 24.4 Å². The van der Waals surface area contributed by atoms with Gasteiger partial charge < -0.3 is 35.0 Å². The molecule has 0 aromatic carbocycles. The highest BCUT2D eigenvalue weighted by molar-refractivity contribution is 5.14. The minimum atomic E-state index is -1.43. The first-order chi connectivity index (χ1) is 10.6. The summed E-state index contributed by atoms with van der Waals surface area (Å²) in [5, 5.41) is 49.3. The van der Waals surface area contributed by atoms with E-state index in [0.29, 0.717) is 12.8 Å². The minimum Gasteiger partial charge on any atom is -0.394 e. The van der Waals surface area contributed by atoms with Crippen LogP contribution in [0.2, 0.25) is 0 Å². The molecule has 134 valence electrons. The van der Waals surface area contributed by atoms with Crippen LogP contribution in [0.25, 0.3) is 0 Å². The van der Waals surface area contributed by atoms with Gasteiger partial charge in [0.25, 0.3) is 0 Å². The average molecular weight is 332 g/mol. The number of fused-ring (bicyclic) bond motifs is 2. The Morgan fingerprint density at radius 1 is 1.04 bits per heavy atom. The van der Waals surface area contributed by atoms with Gasteiger partial charge in [0.15, 0.2) is 6.29 Å². The van der Waals surface area contributed by atoms with Gasteiger partial charge in [-0.25, -0.2) is 0 Å². The normalized spacial score (nSPS) is 55.3. The molecule has 0 amide bonds. The summed E-state index contributed by atoms with van der Waals surface area (Å²) in [5.74, 6) is 0.113. The van der Waals surface area contributed by atoms with Crippen LogP contribution in [-0.2, 0) is 9.47 Å². The predicted octanol–water partition coefficient (Wildman–Crippen LogP) is -1.01. The Bertz CT molecular complexity index is 454. The van der Waals surface area contributed by atoms with E-state index in [0.717, 1.165) is 0 Å². The van der Waals surface area contributed by atoms with Crippen molar-refractivity contribution in [2.75, 3.05) is 6.61 Å². The van der Waals surface area contributed by atoms with Crippen molar-refractivity contribution in [3.8, 4) is 0 Å². The van der Waals surface area contributed by atoms with Gasteiger partial charge in [0.2, 0.25) is 0 Å². The molecular formula is C16H28O7. The Morgan fingerprint density at radius 2 is 1.70 bits per heavy atom. The molecule has 2 aliphatic carbocycles. The number of aliphatic hydroxyl groups excluding tert-OH is 5. The van der Waals surface area contributed by atoms with E-state index in [4.69, 9.17) is 9.47 Å². The molecular weight excluding hydrogens is 304 g/mol. The van der Waals surface area contributed by atoms with E-state index in [-0.39, 0.29) is 29.0 Å². The van der Waals surface area contributed by atoms with Gasteiger partial charge in [-0.2, -0.15) is 0 Å². The smallest absolute Gasteiger partial charge is 0.186 e. The lowest BCUT2D eigenvalue weighted by molar-refractivity contribution is -0.320. The van der Waals surface area contributed by atoms with Crippen molar-refractivity contribution in [3.05, 3.63) is 0 Å². The highest BCUT2D eigenvalue weighted by Crippen LogP contribution is 2.66. The van der Waals surface area contributed by atoms with E-state index in [1.165, 1.54) is 0 Å². The SMILES string of the molecule is CC1(C)[C@H]2C[C@H](O[C@@H]3O[C@H](CO)[C@@H](O)[C@H](O)[C@H]3O)[C@]1(C)C[C@H]2O. The molecule has 3 rings (SSSR count). The molecule has 23 heavy (non-hydrogen) atoms. The zero-order valence-corrected chi connectivity index (χ0v) is 13.8. The van der Waals surface area contributed by atoms with Crippen molar-refractivity contribution < 1.29 is 35.0 Å². The molecule has 7 nitrogen and oxygen atoms in total. The third-order valence-corrected chi connectivity index (χ3v) is 6.82. The molecule has 1 saturated heterocycles. The third kappa shape index (κ3) is 2.37. The molecule has 0 aromatic heterocycles. The quantitative estimate of drug-likeness (QED) is 0.449. The fourth-order valence-corrected chi connectivity index (χ4v) is 4.78. The van der Waals surface area contributed by atoms with E-state index in [9.17, 15) is 25.5 Å². The maximum Gasteiger partial charge on any atom is 0.186 e. The van der Waals surface area contributed by atoms with E-state index in [1.54, 1.807) is 0 Å². The largest absolute Gasteiger partial charge is 0.394 e. The van der Waals surface area contributed by atoms with E-state index in [2.05, 4.69) is 20.8 Å². The van der Waals surface area contributed by atoms with Crippen molar-refractivity contribution in [2.24, 2.45) is 16.7 Å². The summed E-state index contributed by atoms with van der Waals surface area (Å²) in [6.07, 6.45) is -5.60. The second kappa shape index (κ2) is 5.62. The molecule has 1 heterocycles. The predicted molar refractivity (Wildman–Crippen MR) is 79.3 cm³/mol. The van der Waals surface area contributed by atoms with Gasteiger partial charge >= 0.3 is 0 Å². The monoisotopic (exact) mass is 332 g/mol. The van der Waals surface area contributed by atoms with Crippen LogP contribution < -0.4 is 0 Å². The molecule has 5 N–H and O–H groups in total. The number of ether oxygens (including phenoxy) is 2. The summed E-state index contributed by atoms with van der Waals surface area (Å²) < 4.78 is 11.4. The average Bonchev–Trinajstić information content (AvgIpc) is 2.78. The molecule has 0 unspecified atom stereocenters. The summed E-state index contributed by atoms with van der Waals surface area (Å²) in [6, 6.07) is 0. The maximum absolute atomic E-state index is 10.2. The third-order valence-electron chi connectivity index (χ3n) is 6.82. The number of hydrogen-bond acceptors (Lipinski definition) is 7. The molecule has 1 aliphatic heterocycles. The lowest BCUT2D eigenvalue weighted by atomic mass is 9.70. The van der Waals surface area contributed by atoms with E-state index < -0.39 is 37.3 Å². The molecule has 9 atom stereocenters. The van der Waals surface area contributed by atoms with Crippen LogP contribution in [0.3, 0.4) is 0 Å². The Hall–Kier alpha value is -0.280. The first-order valence-corrected chi connectivity index (χ1v) is 8.27. The summed E-state index contributed by atoms with van der Waals surface area (Å²) in [6.45, 7) is 5.83. The van der Waals surface area contributed by atoms with Crippen molar-refractivity contribution in [2.45, 2.75) is 76.5 Å². The Balaban J connectivity index is 1.75. The van der Waals surface area contributed by atoms with E-state index >= 15 is 0 Å². The van der Waals surface area contributed by atoms with E-state index in [1.807, 2.05) is 0 Å². The molecule has 7 heteroatoms. The standard InChI is InChI=1S/C16H28O7/c1-15(2)7-4-10(16(15,3)5-8(7)18)23-14-13(21)12(20)11(19)9(6-17)22-14/h7-14,17-21H,4-6H2,1-3H3/t7-,8+,9+,10-,11+,12-,13+,14-,16-/m0/s1. The maximum atomic E-state index is 10.2. The van der Waals surface area contributed by atoms with Crippen LogP contribution in [0.4, 0.5) is 0 Å². The Morgan fingerprint density at radius 3 is 2.17 bits per heavy atom. The number of hydrogen-bond donors (Lipinski definition) is 5. The number of aliphatic hydroxyl groups is 5. The van der Waals surface area contributed by atoms with Gasteiger partial charge in [0.05, 0.1) is 18.8 Å². The second-order valence-corrected chi connectivity index (χ2v) is 8.07. The highest BCUT2D eigenvalue weighted by Gasteiger charge is 2.66. The van der Waals surface area contributed by atoms with Crippen LogP contribution in [-0.4, -0.2) is 75.1 Å². The summed E-state index contributed by atoms with van der Waals surface area (Å²) >= 11 is 0. The van der Waals surface area contributed by atoms with Crippen LogP contribution in [0.15, 0.2) is 0 Å². The van der Waals surface area contributed by atoms with Crippen LogP contribution in [0, 0.1) is 16.7 Å². The topological polar surface area (TPSA) is 120 Å². The molecule has 2 saturated carbocycles. The molecule has 2 bridgehead atoms. The summed E-state index contributed by atoms with van der Waals surface area (Å²) in [5.41, 5.74) is -0.374. The van der Waals surface area contributed by atoms with Gasteiger partial charge in [-0.1, -0.05) is 20.8 Å². The van der Waals surface area contributed by atoms with Crippen LogP contribution in [0.1, 0.15) is 33.6 Å². The second-order valence-electron chi connectivity index (χ2n) is 8.07. The minimum absolute atomic E-state index is 0.106. The fourth-order valence-electron chi connectivity index (χ4n) is 4.78. The van der Waals surface area contributed by atoms with Crippen LogP contribution in [0.5, 0.6) is 0 Å². The Kier molecular flexibility index (Phi) is 4.29. The lowest BCUT2D eigenvalue weighted by Gasteiger charge is -2.44. The summed E-state index contributed by atoms with van der Waals surface area (Å²) in [7, 11) is 0. The van der Waals surface area contributed by atoms with Gasteiger partial charge in [-0.3, -0.25) is 0 Å². The van der Waals surface area contributed by atoms with Gasteiger partial charge in [-0.15, -0.1) is 0 Å². The van der Waals surface area contributed by atoms with Crippen molar-refractivity contribution in [3.63, 3.8) is 0 Å². The van der Waals surface area contributed by atoms with Gasteiger partial charge in [0, 0.05) is 5.41 Å². The first-order valence-electron chi connectivity index (χ1n) is 8.27. The highest BCUT2D eigenvalue weighted by atomic mass is 16.7. The lowest BCUT2D eigenvalue weighted by Crippen LogP contribution is -2.60. The molecule has 3 fully saturated rings. The van der Waals surface area contributed by atoms with Crippen molar-refractivity contribution >= 4 is 0 Å². The number of rotatable bonds is 3. The Labute approximate surface area is 135 Å². The zero-order chi connectivity index (χ0) is 17.2. The van der Waals surface area contributed by atoms with Crippen LogP contribution >= 0.6 is 0 Å². The van der Waals surface area contributed by atoms with Gasteiger partial charge in [-0.05, 0) is 24.2 Å².